The molecule has 0 atom stereocenters. The Balaban J connectivity index is 2.60. The monoisotopic (exact) mass is 239 g/mol. The van der Waals surface area contributed by atoms with Crippen molar-refractivity contribution in [2.24, 2.45) is 0 Å². The number of rotatable bonds is 1. The summed E-state index contributed by atoms with van der Waals surface area (Å²) >= 11 is 11.8. The number of hydrogen-bond donors (Lipinski definition) is 1. The summed E-state index contributed by atoms with van der Waals surface area (Å²) < 4.78 is 0. The van der Waals surface area contributed by atoms with Gasteiger partial charge in [0.1, 0.15) is 12.1 Å². The zero-order valence-corrected chi connectivity index (χ0v) is 9.13. The molecule has 76 valence electrons. The van der Waals surface area contributed by atoms with Crippen LogP contribution in [0.25, 0.3) is 11.1 Å². The molecule has 0 saturated carbocycles. The Kier molecular flexibility index (Phi) is 2.75. The van der Waals surface area contributed by atoms with Gasteiger partial charge in [0.15, 0.2) is 0 Å². The Morgan fingerprint density at radius 1 is 1.13 bits per heavy atom. The van der Waals surface area contributed by atoms with E-state index in [0.29, 0.717) is 21.4 Å². The minimum Gasteiger partial charge on any atom is -0.383 e. The highest BCUT2D eigenvalue weighted by Crippen LogP contribution is 2.31. The van der Waals surface area contributed by atoms with Crippen molar-refractivity contribution in [1.29, 1.82) is 0 Å². The lowest BCUT2D eigenvalue weighted by Crippen LogP contribution is -1.94. The maximum atomic E-state index is 6.04. The third-order valence-electron chi connectivity index (χ3n) is 1.96. The number of nitrogens with zero attached hydrogens (tertiary/aromatic N) is 2. The molecule has 0 aliphatic rings. The summed E-state index contributed by atoms with van der Waals surface area (Å²) in [5, 5.41) is 1.11. The first-order chi connectivity index (χ1) is 7.18. The summed E-state index contributed by atoms with van der Waals surface area (Å²) in [6.07, 6.45) is 3.01. The van der Waals surface area contributed by atoms with Crippen LogP contribution in [0.3, 0.4) is 0 Å². The van der Waals surface area contributed by atoms with E-state index in [1.54, 1.807) is 24.4 Å². The molecule has 0 radical (unpaired) electrons. The highest BCUT2D eigenvalue weighted by molar-refractivity contribution is 6.36. The van der Waals surface area contributed by atoms with Crippen molar-refractivity contribution in [2.75, 3.05) is 5.73 Å². The third kappa shape index (κ3) is 2.03. The quantitative estimate of drug-likeness (QED) is 0.833. The Morgan fingerprint density at radius 2 is 1.93 bits per heavy atom. The molecular formula is C10H7Cl2N3. The molecule has 0 aliphatic carbocycles. The van der Waals surface area contributed by atoms with Gasteiger partial charge in [-0.1, -0.05) is 29.3 Å². The van der Waals surface area contributed by atoms with Gasteiger partial charge < -0.3 is 5.73 Å². The summed E-state index contributed by atoms with van der Waals surface area (Å²) in [7, 11) is 0. The number of hydrogen-bond acceptors (Lipinski definition) is 3. The second-order valence-corrected chi connectivity index (χ2v) is 3.79. The number of halogens is 2. The van der Waals surface area contributed by atoms with E-state index in [1.165, 1.54) is 6.33 Å². The van der Waals surface area contributed by atoms with Gasteiger partial charge >= 0.3 is 0 Å². The van der Waals surface area contributed by atoms with Crippen LogP contribution in [0, 0.1) is 0 Å². The minimum atomic E-state index is 0.397. The van der Waals surface area contributed by atoms with Crippen LogP contribution < -0.4 is 5.73 Å². The van der Waals surface area contributed by atoms with Gasteiger partial charge in [-0.3, -0.25) is 0 Å². The maximum Gasteiger partial charge on any atom is 0.134 e. The lowest BCUT2D eigenvalue weighted by molar-refractivity contribution is 1.18. The van der Waals surface area contributed by atoms with Crippen molar-refractivity contribution in [3.63, 3.8) is 0 Å². The number of anilines is 1. The molecule has 0 amide bonds. The lowest BCUT2D eigenvalue weighted by Gasteiger charge is -2.06. The number of nitrogen functional groups attached to an aromatic ring is 1. The fourth-order valence-corrected chi connectivity index (χ4v) is 1.76. The smallest absolute Gasteiger partial charge is 0.134 e. The Labute approximate surface area is 96.9 Å². The van der Waals surface area contributed by atoms with Crippen LogP contribution in [0.2, 0.25) is 10.0 Å². The summed E-state index contributed by atoms with van der Waals surface area (Å²) in [5.41, 5.74) is 7.20. The molecule has 0 saturated heterocycles. The fraction of sp³-hybridized carbons (Fsp3) is 0. The molecule has 3 nitrogen and oxygen atoms in total. The van der Waals surface area contributed by atoms with Gasteiger partial charge in [0.2, 0.25) is 0 Å². The van der Waals surface area contributed by atoms with Crippen LogP contribution in [0.15, 0.2) is 30.7 Å². The number of aromatic nitrogens is 2. The standard InChI is InChI=1S/C10H7Cl2N3/c11-6-1-2-7(9(12)3-6)8-4-14-5-15-10(8)13/h1-5H,(H2,13,14,15). The zero-order chi connectivity index (χ0) is 10.8. The van der Waals surface area contributed by atoms with E-state index >= 15 is 0 Å². The van der Waals surface area contributed by atoms with Gasteiger partial charge in [0.25, 0.3) is 0 Å². The van der Waals surface area contributed by atoms with Gasteiger partial charge in [-0.05, 0) is 12.1 Å². The highest BCUT2D eigenvalue weighted by atomic mass is 35.5. The molecule has 1 heterocycles. The van der Waals surface area contributed by atoms with Crippen molar-refractivity contribution in [3.8, 4) is 11.1 Å². The third-order valence-corrected chi connectivity index (χ3v) is 2.51. The Bertz CT molecular complexity index is 500. The molecule has 2 rings (SSSR count). The second kappa shape index (κ2) is 4.04. The molecular weight excluding hydrogens is 233 g/mol. The SMILES string of the molecule is Nc1ncncc1-c1ccc(Cl)cc1Cl. The van der Waals surface area contributed by atoms with Crippen LogP contribution in [-0.4, -0.2) is 9.97 Å². The highest BCUT2D eigenvalue weighted by Gasteiger charge is 2.07. The van der Waals surface area contributed by atoms with Crippen molar-refractivity contribution >= 4 is 29.0 Å². The first-order valence-electron chi connectivity index (χ1n) is 4.19. The molecule has 2 N–H and O–H groups in total. The van der Waals surface area contributed by atoms with E-state index in [-0.39, 0.29) is 0 Å². The van der Waals surface area contributed by atoms with Gasteiger partial charge in [-0.25, -0.2) is 9.97 Å². The minimum absolute atomic E-state index is 0.397. The molecule has 0 aliphatic heterocycles. The molecule has 0 spiro atoms. The molecule has 0 fully saturated rings. The van der Waals surface area contributed by atoms with Crippen LogP contribution in [-0.2, 0) is 0 Å². The lowest BCUT2D eigenvalue weighted by atomic mass is 10.1. The van der Waals surface area contributed by atoms with E-state index in [1.807, 2.05) is 0 Å². The number of nitrogens with two attached hydrogens (primary N) is 1. The van der Waals surface area contributed by atoms with E-state index in [4.69, 9.17) is 28.9 Å². The fourth-order valence-electron chi connectivity index (χ4n) is 1.25. The first kappa shape index (κ1) is 10.2. The predicted octanol–water partition coefficient (Wildman–Crippen LogP) is 3.03. The summed E-state index contributed by atoms with van der Waals surface area (Å²) in [5.74, 6) is 0.397. The zero-order valence-electron chi connectivity index (χ0n) is 7.61. The summed E-state index contributed by atoms with van der Waals surface area (Å²) in [6, 6.07) is 5.19. The van der Waals surface area contributed by atoms with Gasteiger partial charge in [0, 0.05) is 22.3 Å². The maximum absolute atomic E-state index is 6.04. The van der Waals surface area contributed by atoms with E-state index in [9.17, 15) is 0 Å². The number of benzene rings is 1. The average molecular weight is 240 g/mol. The van der Waals surface area contributed by atoms with Crippen molar-refractivity contribution in [3.05, 3.63) is 40.8 Å². The molecule has 15 heavy (non-hydrogen) atoms. The first-order valence-corrected chi connectivity index (χ1v) is 4.95. The molecule has 1 aromatic carbocycles. The van der Waals surface area contributed by atoms with Crippen molar-refractivity contribution < 1.29 is 0 Å². The molecule has 1 aromatic heterocycles. The van der Waals surface area contributed by atoms with Crippen molar-refractivity contribution in [1.82, 2.24) is 9.97 Å². The van der Waals surface area contributed by atoms with Crippen molar-refractivity contribution in [2.45, 2.75) is 0 Å². The normalized spacial score (nSPS) is 10.3. The Hall–Kier alpha value is -1.32. The molecule has 2 aromatic rings. The predicted molar refractivity (Wildman–Crippen MR) is 61.9 cm³/mol. The van der Waals surface area contributed by atoms with Crippen LogP contribution >= 0.6 is 23.2 Å². The van der Waals surface area contributed by atoms with Gasteiger partial charge in [-0.15, -0.1) is 0 Å². The summed E-state index contributed by atoms with van der Waals surface area (Å²) in [4.78, 5) is 7.80. The molecule has 5 heteroatoms. The Morgan fingerprint density at radius 3 is 2.60 bits per heavy atom. The van der Waals surface area contributed by atoms with E-state index in [0.717, 1.165) is 5.56 Å². The molecule has 0 bridgehead atoms. The van der Waals surface area contributed by atoms with Crippen LogP contribution in [0.5, 0.6) is 0 Å². The van der Waals surface area contributed by atoms with Gasteiger partial charge in [-0.2, -0.15) is 0 Å². The van der Waals surface area contributed by atoms with E-state index in [2.05, 4.69) is 9.97 Å². The largest absolute Gasteiger partial charge is 0.383 e. The van der Waals surface area contributed by atoms with E-state index < -0.39 is 0 Å². The topological polar surface area (TPSA) is 51.8 Å². The molecule has 0 unspecified atom stereocenters. The second-order valence-electron chi connectivity index (χ2n) is 2.95. The summed E-state index contributed by atoms with van der Waals surface area (Å²) in [6.45, 7) is 0. The van der Waals surface area contributed by atoms with Crippen LogP contribution in [0.4, 0.5) is 5.82 Å². The van der Waals surface area contributed by atoms with Crippen LogP contribution in [0.1, 0.15) is 0 Å². The average Bonchev–Trinajstić information content (AvgIpc) is 2.20. The van der Waals surface area contributed by atoms with Gasteiger partial charge in [0.05, 0.1) is 5.02 Å².